The van der Waals surface area contributed by atoms with Gasteiger partial charge in [0.25, 0.3) is 0 Å². The van der Waals surface area contributed by atoms with Crippen LogP contribution in [0, 0.1) is 17.6 Å². The number of hydrogen-bond acceptors (Lipinski definition) is 7. The topological polar surface area (TPSA) is 166 Å². The van der Waals surface area contributed by atoms with Crippen LogP contribution in [0.4, 0.5) is 18.4 Å². The first-order chi connectivity index (χ1) is 23.9. The van der Waals surface area contributed by atoms with Gasteiger partial charge in [-0.2, -0.15) is 4.31 Å². The van der Waals surface area contributed by atoms with Gasteiger partial charge in [-0.1, -0.05) is 42.5 Å². The highest BCUT2D eigenvalue weighted by molar-refractivity contribution is 7.89. The Hall–Kier alpha value is -4.60. The quantitative estimate of drug-likeness (QED) is 0.232. The number of hydrogen-bond donors (Lipinski definition) is 4. The highest BCUT2D eigenvalue weighted by Gasteiger charge is 2.41. The molecule has 1 aliphatic heterocycles. The Morgan fingerprint density at radius 2 is 1.50 bits per heavy atom. The number of amides is 3. The molecule has 12 nitrogen and oxygen atoms in total. The summed E-state index contributed by atoms with van der Waals surface area (Å²) in [4.78, 5) is 39.8. The molecule has 3 amide bonds. The summed E-state index contributed by atoms with van der Waals surface area (Å²) in [6, 6.07) is 16.0. The predicted octanol–water partition coefficient (Wildman–Crippen LogP) is 3.91. The molecule has 1 aliphatic carbocycles. The van der Waals surface area contributed by atoms with Gasteiger partial charge in [-0.05, 0) is 79.1 Å². The Morgan fingerprint density at radius 1 is 0.900 bits per heavy atom. The number of carbonyl (C=O) groups is 3. The number of alkyl carbamates (subject to hydrolysis) is 1. The van der Waals surface area contributed by atoms with E-state index in [1.54, 1.807) is 18.2 Å². The lowest BCUT2D eigenvalue weighted by Crippen LogP contribution is -2.56. The smallest absolute Gasteiger partial charge is 0.407 e. The molecule has 0 aromatic heterocycles. The van der Waals surface area contributed by atoms with E-state index in [0.717, 1.165) is 7.11 Å². The molecule has 0 spiro atoms. The number of aliphatic hydroxyl groups excluding tert-OH is 1. The largest absolute Gasteiger partial charge is 0.465 e. The maximum absolute atomic E-state index is 14.1. The molecule has 50 heavy (non-hydrogen) atoms. The molecule has 4 N–H and O–H groups in total. The number of ether oxygens (including phenoxy) is 1. The first kappa shape index (κ1) is 36.7. The lowest BCUT2D eigenvalue weighted by Gasteiger charge is -2.40. The molecular weight excluding hydrogens is 674 g/mol. The summed E-state index contributed by atoms with van der Waals surface area (Å²) in [5.74, 6) is -2.90. The summed E-state index contributed by atoms with van der Waals surface area (Å²) in [5, 5.41) is 25.9. The standard InChI is InChI=1S/C35H40F2N4O8S/c1-49-34(44)39-32(31(22-7-12-25(36)13-8-22)23-9-14-26(37)15-10-23)33(43)38-30-20-28(42)19-24(30)11-16-27-21-40(35(45)46)17-18-41(27)50(47,48)29-5-3-2-4-6-29/h2-10,12-15,24,27-28,30-32,42H,11,16-21H2,1H3,(H,38,43)(H,39,44)(H,45,46). The summed E-state index contributed by atoms with van der Waals surface area (Å²) in [6.45, 7) is -0.0664. The molecule has 15 heteroatoms. The molecule has 2 aliphatic rings. The first-order valence-corrected chi connectivity index (χ1v) is 17.7. The highest BCUT2D eigenvalue weighted by Crippen LogP contribution is 2.34. The van der Waals surface area contributed by atoms with Crippen LogP contribution in [0.5, 0.6) is 0 Å². The van der Waals surface area contributed by atoms with Crippen molar-refractivity contribution in [1.29, 1.82) is 0 Å². The monoisotopic (exact) mass is 714 g/mol. The second-order valence-electron chi connectivity index (χ2n) is 12.6. The number of sulfonamides is 1. The van der Waals surface area contributed by atoms with E-state index < -0.39 is 69.9 Å². The van der Waals surface area contributed by atoms with Crippen molar-refractivity contribution in [3.05, 3.63) is 102 Å². The number of carboxylic acid groups (broad SMARTS) is 1. The molecule has 0 radical (unpaired) electrons. The number of piperazine rings is 1. The van der Waals surface area contributed by atoms with Crippen molar-refractivity contribution in [2.24, 2.45) is 5.92 Å². The van der Waals surface area contributed by atoms with E-state index in [9.17, 15) is 41.8 Å². The van der Waals surface area contributed by atoms with Crippen LogP contribution in [0.2, 0.25) is 0 Å². The van der Waals surface area contributed by atoms with Crippen LogP contribution in [0.15, 0.2) is 83.8 Å². The van der Waals surface area contributed by atoms with Gasteiger partial charge in [-0.3, -0.25) is 4.79 Å². The Morgan fingerprint density at radius 3 is 2.06 bits per heavy atom. The molecule has 5 unspecified atom stereocenters. The lowest BCUT2D eigenvalue weighted by atomic mass is 9.84. The summed E-state index contributed by atoms with van der Waals surface area (Å²) in [6.07, 6.45) is -1.80. The number of carbonyl (C=O) groups excluding carboxylic acids is 2. The molecule has 3 aromatic carbocycles. The van der Waals surface area contributed by atoms with Gasteiger partial charge in [-0.25, -0.2) is 26.8 Å². The normalized spacial score (nSPS) is 21.8. The van der Waals surface area contributed by atoms with Gasteiger partial charge in [0, 0.05) is 37.6 Å². The number of methoxy groups -OCH3 is 1. The zero-order chi connectivity index (χ0) is 36.0. The molecular formula is C35H40F2N4O8S. The highest BCUT2D eigenvalue weighted by atomic mass is 32.2. The van der Waals surface area contributed by atoms with Gasteiger partial charge in [0.15, 0.2) is 0 Å². The van der Waals surface area contributed by atoms with E-state index in [1.165, 1.54) is 69.9 Å². The summed E-state index contributed by atoms with van der Waals surface area (Å²) in [7, 11) is -2.81. The van der Waals surface area contributed by atoms with E-state index in [0.29, 0.717) is 24.0 Å². The number of halogens is 2. The fraction of sp³-hybridized carbons (Fsp3) is 0.400. The molecule has 5 atom stereocenters. The molecule has 268 valence electrons. The second kappa shape index (κ2) is 16.0. The Balaban J connectivity index is 1.38. The Kier molecular flexibility index (Phi) is 11.7. The van der Waals surface area contributed by atoms with Gasteiger partial charge in [0.05, 0.1) is 18.1 Å². The van der Waals surface area contributed by atoms with Gasteiger partial charge in [-0.15, -0.1) is 0 Å². The lowest BCUT2D eigenvalue weighted by molar-refractivity contribution is -0.124. The van der Waals surface area contributed by atoms with E-state index in [1.807, 2.05) is 0 Å². The average molecular weight is 715 g/mol. The van der Waals surface area contributed by atoms with E-state index >= 15 is 0 Å². The van der Waals surface area contributed by atoms with Crippen molar-refractivity contribution < 1.29 is 46.5 Å². The number of nitrogens with one attached hydrogen (secondary N) is 2. The zero-order valence-corrected chi connectivity index (χ0v) is 28.1. The zero-order valence-electron chi connectivity index (χ0n) is 27.3. The third kappa shape index (κ3) is 8.57. The van der Waals surface area contributed by atoms with Gasteiger partial charge in [0.2, 0.25) is 15.9 Å². The van der Waals surface area contributed by atoms with E-state index in [4.69, 9.17) is 4.74 Å². The van der Waals surface area contributed by atoms with Crippen LogP contribution in [0.25, 0.3) is 0 Å². The fourth-order valence-electron chi connectivity index (χ4n) is 6.97. The maximum atomic E-state index is 14.1. The maximum Gasteiger partial charge on any atom is 0.407 e. The fourth-order valence-corrected chi connectivity index (χ4v) is 8.62. The van der Waals surface area contributed by atoms with Crippen LogP contribution < -0.4 is 10.6 Å². The summed E-state index contributed by atoms with van der Waals surface area (Å²) >= 11 is 0. The minimum absolute atomic E-state index is 0.0105. The molecule has 5 rings (SSSR count). The molecule has 2 fully saturated rings. The van der Waals surface area contributed by atoms with Gasteiger partial charge >= 0.3 is 12.2 Å². The van der Waals surface area contributed by atoms with Crippen molar-refractivity contribution in [3.8, 4) is 0 Å². The minimum Gasteiger partial charge on any atom is -0.465 e. The minimum atomic E-state index is -3.95. The molecule has 0 bridgehead atoms. The molecule has 1 heterocycles. The van der Waals surface area contributed by atoms with Crippen molar-refractivity contribution in [2.45, 2.75) is 60.7 Å². The Bertz CT molecular complexity index is 1700. The van der Waals surface area contributed by atoms with E-state index in [-0.39, 0.29) is 43.3 Å². The second-order valence-corrected chi connectivity index (χ2v) is 14.5. The molecule has 1 saturated carbocycles. The SMILES string of the molecule is COC(=O)NC(C(=O)NC1CC(O)CC1CCC1CN(C(=O)O)CCN1S(=O)(=O)c1ccccc1)C(c1ccc(F)cc1)c1ccc(F)cc1. The average Bonchev–Trinajstić information content (AvgIpc) is 3.46. The summed E-state index contributed by atoms with van der Waals surface area (Å²) in [5.41, 5.74) is 0.912. The van der Waals surface area contributed by atoms with Gasteiger partial charge in [0.1, 0.15) is 17.7 Å². The number of benzene rings is 3. The molecule has 3 aromatic rings. The van der Waals surface area contributed by atoms with Crippen molar-refractivity contribution in [1.82, 2.24) is 19.8 Å². The molecule has 1 saturated heterocycles. The van der Waals surface area contributed by atoms with Gasteiger partial charge < -0.3 is 30.5 Å². The van der Waals surface area contributed by atoms with Crippen LogP contribution >= 0.6 is 0 Å². The Labute approximate surface area is 289 Å². The third-order valence-electron chi connectivity index (χ3n) is 9.45. The predicted molar refractivity (Wildman–Crippen MR) is 178 cm³/mol. The van der Waals surface area contributed by atoms with Crippen LogP contribution in [-0.2, 0) is 19.6 Å². The van der Waals surface area contributed by atoms with Crippen LogP contribution in [-0.4, -0.2) is 96.9 Å². The number of aliphatic hydroxyl groups is 1. The van der Waals surface area contributed by atoms with Crippen molar-refractivity contribution in [3.63, 3.8) is 0 Å². The van der Waals surface area contributed by atoms with Crippen LogP contribution in [0.1, 0.15) is 42.7 Å². The number of nitrogens with zero attached hydrogens (tertiary/aromatic N) is 2. The van der Waals surface area contributed by atoms with E-state index in [2.05, 4.69) is 10.6 Å². The van der Waals surface area contributed by atoms with Crippen molar-refractivity contribution >= 4 is 28.1 Å². The van der Waals surface area contributed by atoms with Crippen LogP contribution in [0.3, 0.4) is 0 Å². The third-order valence-corrected chi connectivity index (χ3v) is 11.4. The number of rotatable bonds is 11. The first-order valence-electron chi connectivity index (χ1n) is 16.3. The summed E-state index contributed by atoms with van der Waals surface area (Å²) < 4.78 is 61.2. The van der Waals surface area contributed by atoms with Crippen molar-refractivity contribution in [2.75, 3.05) is 26.7 Å².